The Balaban J connectivity index is 1.73. The quantitative estimate of drug-likeness (QED) is 0.649. The normalized spacial score (nSPS) is 18.6. The molecule has 1 aromatic heterocycles. The fourth-order valence-corrected chi connectivity index (χ4v) is 2.52. The summed E-state index contributed by atoms with van der Waals surface area (Å²) in [4.78, 5) is 18.0. The molecule has 1 atom stereocenters. The minimum absolute atomic E-state index is 0.173. The van der Waals surface area contributed by atoms with E-state index in [1.54, 1.807) is 18.2 Å². The van der Waals surface area contributed by atoms with Gasteiger partial charge in [-0.1, -0.05) is 0 Å². The molecule has 0 saturated carbocycles. The first-order valence-corrected chi connectivity index (χ1v) is 8.35. The first kappa shape index (κ1) is 18.2. The highest BCUT2D eigenvalue weighted by molar-refractivity contribution is 5.80. The molecular formula is C17H28N4O3. The molecule has 2 N–H and O–H groups in total. The third-order valence-corrected chi connectivity index (χ3v) is 3.65. The zero-order chi connectivity index (χ0) is 17.6. The summed E-state index contributed by atoms with van der Waals surface area (Å²) in [5, 5.41) is 6.61. The highest BCUT2D eigenvalue weighted by Crippen LogP contribution is 2.15. The molecule has 2 rings (SSSR count). The smallest absolute Gasteiger partial charge is 0.410 e. The number of rotatable bonds is 4. The van der Waals surface area contributed by atoms with Crippen molar-refractivity contribution in [2.75, 3.05) is 26.7 Å². The maximum absolute atomic E-state index is 12.1. The van der Waals surface area contributed by atoms with E-state index in [1.807, 2.05) is 32.9 Å². The molecule has 134 valence electrons. The molecule has 1 amide bonds. The molecule has 1 saturated heterocycles. The molecule has 24 heavy (non-hydrogen) atoms. The lowest BCUT2D eigenvalue weighted by atomic mass is 10.2. The maximum Gasteiger partial charge on any atom is 0.410 e. The lowest BCUT2D eigenvalue weighted by molar-refractivity contribution is 0.0292. The molecule has 1 aliphatic heterocycles. The second kappa shape index (κ2) is 8.08. The van der Waals surface area contributed by atoms with Gasteiger partial charge in [-0.15, -0.1) is 0 Å². The Hall–Kier alpha value is -2.18. The summed E-state index contributed by atoms with van der Waals surface area (Å²) in [6.45, 7) is 7.67. The van der Waals surface area contributed by atoms with Crippen molar-refractivity contribution in [3.05, 3.63) is 24.2 Å². The first-order valence-electron chi connectivity index (χ1n) is 8.35. The van der Waals surface area contributed by atoms with Gasteiger partial charge in [-0.25, -0.2) is 4.79 Å². The summed E-state index contributed by atoms with van der Waals surface area (Å²) in [5.74, 6) is 1.67. The van der Waals surface area contributed by atoms with Crippen LogP contribution in [-0.4, -0.2) is 55.3 Å². The summed E-state index contributed by atoms with van der Waals surface area (Å²) in [6, 6.07) is 4.01. The van der Waals surface area contributed by atoms with Crippen molar-refractivity contribution < 1.29 is 13.9 Å². The Morgan fingerprint density at radius 1 is 1.50 bits per heavy atom. The predicted molar refractivity (Wildman–Crippen MR) is 93.1 cm³/mol. The zero-order valence-corrected chi connectivity index (χ0v) is 15.0. The molecule has 0 spiro atoms. The number of hydrogen-bond acceptors (Lipinski definition) is 4. The first-order chi connectivity index (χ1) is 11.4. The fraction of sp³-hybridized carbons (Fsp3) is 0.647. The third kappa shape index (κ3) is 5.79. The number of furan rings is 1. The van der Waals surface area contributed by atoms with Crippen molar-refractivity contribution in [1.82, 2.24) is 15.5 Å². The largest absolute Gasteiger partial charge is 0.469 e. The van der Waals surface area contributed by atoms with Crippen LogP contribution >= 0.6 is 0 Å². The molecule has 7 nitrogen and oxygen atoms in total. The molecular weight excluding hydrogens is 308 g/mol. The van der Waals surface area contributed by atoms with Gasteiger partial charge in [0.15, 0.2) is 5.96 Å². The Bertz CT molecular complexity index is 549. The van der Waals surface area contributed by atoms with Crippen LogP contribution in [0.3, 0.4) is 0 Å². The third-order valence-electron chi connectivity index (χ3n) is 3.65. The Labute approximate surface area is 143 Å². The molecule has 0 bridgehead atoms. The minimum Gasteiger partial charge on any atom is -0.469 e. The van der Waals surface area contributed by atoms with Crippen LogP contribution in [0, 0.1) is 0 Å². The highest BCUT2D eigenvalue weighted by atomic mass is 16.6. The number of ether oxygens (including phenoxy) is 1. The van der Waals surface area contributed by atoms with Gasteiger partial charge in [0.1, 0.15) is 11.4 Å². The molecule has 1 aliphatic rings. The van der Waals surface area contributed by atoms with Gasteiger partial charge in [0.25, 0.3) is 0 Å². The summed E-state index contributed by atoms with van der Waals surface area (Å²) in [5.41, 5.74) is -0.466. The zero-order valence-electron chi connectivity index (χ0n) is 15.0. The molecule has 1 fully saturated rings. The van der Waals surface area contributed by atoms with Crippen molar-refractivity contribution in [1.29, 1.82) is 0 Å². The number of carbonyl (C=O) groups excluding carboxylic acids is 1. The SMILES string of the molecule is CN=C(NCCc1ccco1)NC1CCN(C(=O)OC(C)(C)C)C1. The Morgan fingerprint density at radius 3 is 2.92 bits per heavy atom. The number of nitrogens with zero attached hydrogens (tertiary/aromatic N) is 2. The average Bonchev–Trinajstić information content (AvgIpc) is 3.15. The Morgan fingerprint density at radius 2 is 2.29 bits per heavy atom. The fourth-order valence-electron chi connectivity index (χ4n) is 2.52. The topological polar surface area (TPSA) is 79.1 Å². The van der Waals surface area contributed by atoms with Gasteiger partial charge in [0.2, 0.25) is 0 Å². The van der Waals surface area contributed by atoms with Crippen molar-refractivity contribution in [3.8, 4) is 0 Å². The van der Waals surface area contributed by atoms with E-state index < -0.39 is 5.60 Å². The van der Waals surface area contributed by atoms with Crippen LogP contribution in [0.4, 0.5) is 4.79 Å². The van der Waals surface area contributed by atoms with Crippen LogP contribution in [0.1, 0.15) is 33.0 Å². The number of amides is 1. The van der Waals surface area contributed by atoms with E-state index in [0.717, 1.165) is 31.1 Å². The highest BCUT2D eigenvalue weighted by Gasteiger charge is 2.30. The van der Waals surface area contributed by atoms with Crippen LogP contribution in [0.2, 0.25) is 0 Å². The van der Waals surface area contributed by atoms with Gasteiger partial charge in [-0.3, -0.25) is 4.99 Å². The maximum atomic E-state index is 12.1. The van der Waals surface area contributed by atoms with Crippen molar-refractivity contribution in [2.24, 2.45) is 4.99 Å². The number of hydrogen-bond donors (Lipinski definition) is 2. The van der Waals surface area contributed by atoms with Gasteiger partial charge >= 0.3 is 6.09 Å². The van der Waals surface area contributed by atoms with Gasteiger partial charge in [0, 0.05) is 39.1 Å². The van der Waals surface area contributed by atoms with E-state index in [-0.39, 0.29) is 12.1 Å². The molecule has 7 heteroatoms. The van der Waals surface area contributed by atoms with Gasteiger partial charge in [-0.05, 0) is 39.3 Å². The molecule has 0 radical (unpaired) electrons. The number of nitrogens with one attached hydrogen (secondary N) is 2. The van der Waals surface area contributed by atoms with Gasteiger partial charge < -0.3 is 24.7 Å². The summed E-state index contributed by atoms with van der Waals surface area (Å²) < 4.78 is 10.7. The molecule has 0 aromatic carbocycles. The second-order valence-corrected chi connectivity index (χ2v) is 6.88. The van der Waals surface area contributed by atoms with Gasteiger partial charge in [0.05, 0.1) is 6.26 Å². The van der Waals surface area contributed by atoms with Crippen molar-refractivity contribution >= 4 is 12.1 Å². The summed E-state index contributed by atoms with van der Waals surface area (Å²) in [7, 11) is 1.74. The molecule has 2 heterocycles. The lowest BCUT2D eigenvalue weighted by Crippen LogP contribution is -2.45. The van der Waals surface area contributed by atoms with Crippen LogP contribution in [0.25, 0.3) is 0 Å². The van der Waals surface area contributed by atoms with E-state index in [2.05, 4.69) is 15.6 Å². The molecule has 1 aromatic rings. The van der Waals surface area contributed by atoms with Crippen molar-refractivity contribution in [2.45, 2.75) is 45.3 Å². The van der Waals surface area contributed by atoms with Gasteiger partial charge in [-0.2, -0.15) is 0 Å². The van der Waals surface area contributed by atoms with Crippen molar-refractivity contribution in [3.63, 3.8) is 0 Å². The van der Waals surface area contributed by atoms with E-state index >= 15 is 0 Å². The van der Waals surface area contributed by atoms with E-state index in [9.17, 15) is 4.79 Å². The van der Waals surface area contributed by atoms with E-state index in [4.69, 9.17) is 9.15 Å². The summed E-state index contributed by atoms with van der Waals surface area (Å²) in [6.07, 6.45) is 3.08. The lowest BCUT2D eigenvalue weighted by Gasteiger charge is -2.24. The summed E-state index contributed by atoms with van der Waals surface area (Å²) >= 11 is 0. The monoisotopic (exact) mass is 336 g/mol. The standard InChI is InChI=1S/C17H28N4O3/c1-17(2,3)24-16(22)21-10-8-13(12-21)20-15(18-4)19-9-7-14-6-5-11-23-14/h5-6,11,13H,7-10,12H2,1-4H3,(H2,18,19,20). The number of carbonyl (C=O) groups is 1. The molecule has 1 unspecified atom stereocenters. The van der Waals surface area contributed by atoms with Crippen LogP contribution in [0.15, 0.2) is 27.8 Å². The molecule has 0 aliphatic carbocycles. The van der Waals surface area contributed by atoms with Crippen LogP contribution in [0.5, 0.6) is 0 Å². The predicted octanol–water partition coefficient (Wildman–Crippen LogP) is 2.00. The van der Waals surface area contributed by atoms with Crippen LogP contribution in [-0.2, 0) is 11.2 Å². The van der Waals surface area contributed by atoms with E-state index in [1.165, 1.54) is 0 Å². The average molecular weight is 336 g/mol. The van der Waals surface area contributed by atoms with Crippen LogP contribution < -0.4 is 10.6 Å². The van der Waals surface area contributed by atoms with E-state index in [0.29, 0.717) is 13.1 Å². The number of aliphatic imine (C=N–C) groups is 1. The second-order valence-electron chi connectivity index (χ2n) is 6.88. The number of guanidine groups is 1. The number of likely N-dealkylation sites (tertiary alicyclic amines) is 1. The minimum atomic E-state index is -0.466. The Kier molecular flexibility index (Phi) is 6.11.